The van der Waals surface area contributed by atoms with Crippen molar-refractivity contribution in [3.63, 3.8) is 0 Å². The number of likely N-dealkylation sites (N-methyl/N-ethyl adjacent to an activating group) is 1. The second-order valence-corrected chi connectivity index (χ2v) is 4.94. The minimum absolute atomic E-state index is 0.00710. The number of carbonyl (C=O) groups is 1. The quantitative estimate of drug-likeness (QED) is 0.779. The Morgan fingerprint density at radius 3 is 2.63 bits per heavy atom. The van der Waals surface area contributed by atoms with Crippen molar-refractivity contribution < 1.29 is 9.90 Å². The molecule has 2 N–H and O–H groups in total. The van der Waals surface area contributed by atoms with Crippen LogP contribution in [-0.4, -0.2) is 41.7 Å². The molecule has 4 nitrogen and oxygen atoms in total. The van der Waals surface area contributed by atoms with E-state index in [1.807, 2.05) is 42.2 Å². The molecule has 1 aliphatic carbocycles. The van der Waals surface area contributed by atoms with Crippen LogP contribution in [-0.2, 0) is 4.79 Å². The summed E-state index contributed by atoms with van der Waals surface area (Å²) >= 11 is 0. The fraction of sp³-hybridized carbons (Fsp3) is 0.533. The summed E-state index contributed by atoms with van der Waals surface area (Å²) in [5, 5.41) is 12.6. The third-order valence-corrected chi connectivity index (χ3v) is 3.53. The SMILES string of the molecule is CCN(C(=O)CNC(CO)c1ccccc1)C1CC1. The molecule has 0 bridgehead atoms. The molecule has 1 atom stereocenters. The normalized spacial score (nSPS) is 16.1. The zero-order valence-electron chi connectivity index (χ0n) is 11.4. The number of benzene rings is 1. The highest BCUT2D eigenvalue weighted by Crippen LogP contribution is 2.26. The first-order valence-electron chi connectivity index (χ1n) is 6.95. The molecule has 104 valence electrons. The van der Waals surface area contributed by atoms with Gasteiger partial charge in [0.2, 0.25) is 5.91 Å². The van der Waals surface area contributed by atoms with Crippen LogP contribution in [0.25, 0.3) is 0 Å². The van der Waals surface area contributed by atoms with Gasteiger partial charge in [0.05, 0.1) is 19.2 Å². The molecule has 2 rings (SSSR count). The molecule has 0 radical (unpaired) electrons. The average molecular weight is 262 g/mol. The topological polar surface area (TPSA) is 52.6 Å². The van der Waals surface area contributed by atoms with Crippen LogP contribution in [0.5, 0.6) is 0 Å². The van der Waals surface area contributed by atoms with Crippen LogP contribution in [0.1, 0.15) is 31.4 Å². The van der Waals surface area contributed by atoms with E-state index in [1.165, 1.54) is 0 Å². The molecule has 1 fully saturated rings. The lowest BCUT2D eigenvalue weighted by atomic mass is 10.1. The molecule has 0 aromatic heterocycles. The fourth-order valence-electron chi connectivity index (χ4n) is 2.31. The van der Waals surface area contributed by atoms with Gasteiger partial charge in [0.1, 0.15) is 0 Å². The lowest BCUT2D eigenvalue weighted by Crippen LogP contribution is -2.41. The van der Waals surface area contributed by atoms with Crippen molar-refractivity contribution in [1.29, 1.82) is 0 Å². The Morgan fingerprint density at radius 2 is 2.11 bits per heavy atom. The Morgan fingerprint density at radius 1 is 1.42 bits per heavy atom. The third kappa shape index (κ3) is 3.78. The van der Waals surface area contributed by atoms with E-state index in [9.17, 15) is 9.90 Å². The number of amides is 1. The summed E-state index contributed by atoms with van der Waals surface area (Å²) < 4.78 is 0. The van der Waals surface area contributed by atoms with Crippen LogP contribution in [0.4, 0.5) is 0 Å². The minimum Gasteiger partial charge on any atom is -0.394 e. The number of hydrogen-bond donors (Lipinski definition) is 2. The van der Waals surface area contributed by atoms with E-state index in [-0.39, 0.29) is 25.1 Å². The van der Waals surface area contributed by atoms with Gasteiger partial charge in [-0.1, -0.05) is 30.3 Å². The lowest BCUT2D eigenvalue weighted by Gasteiger charge is -2.23. The van der Waals surface area contributed by atoms with E-state index < -0.39 is 0 Å². The van der Waals surface area contributed by atoms with Crippen LogP contribution in [0.15, 0.2) is 30.3 Å². The maximum absolute atomic E-state index is 12.1. The molecular formula is C15H22N2O2. The molecule has 1 aromatic carbocycles. The summed E-state index contributed by atoms with van der Waals surface area (Å²) in [5.74, 6) is 0.124. The number of nitrogens with one attached hydrogen (secondary N) is 1. The first kappa shape index (κ1) is 14.0. The number of carbonyl (C=O) groups excluding carboxylic acids is 1. The molecule has 0 heterocycles. The molecule has 0 spiro atoms. The van der Waals surface area contributed by atoms with Crippen molar-refractivity contribution in [2.45, 2.75) is 31.8 Å². The van der Waals surface area contributed by atoms with E-state index in [1.54, 1.807) is 0 Å². The zero-order valence-corrected chi connectivity index (χ0v) is 11.4. The number of aliphatic hydroxyl groups excluding tert-OH is 1. The summed E-state index contributed by atoms with van der Waals surface area (Å²) in [6.45, 7) is 3.05. The van der Waals surface area contributed by atoms with Crippen LogP contribution in [0.3, 0.4) is 0 Å². The maximum Gasteiger partial charge on any atom is 0.236 e. The summed E-state index contributed by atoms with van der Waals surface area (Å²) in [4.78, 5) is 14.0. The molecule has 1 aliphatic rings. The molecule has 4 heteroatoms. The van der Waals surface area contributed by atoms with Gasteiger partial charge in [-0.2, -0.15) is 0 Å². The minimum atomic E-state index is -0.178. The Hall–Kier alpha value is -1.39. The van der Waals surface area contributed by atoms with Gasteiger partial charge >= 0.3 is 0 Å². The fourth-order valence-corrected chi connectivity index (χ4v) is 2.31. The van der Waals surface area contributed by atoms with E-state index in [0.29, 0.717) is 6.04 Å². The molecular weight excluding hydrogens is 240 g/mol. The first-order chi connectivity index (χ1) is 9.26. The van der Waals surface area contributed by atoms with Crippen LogP contribution in [0.2, 0.25) is 0 Å². The van der Waals surface area contributed by atoms with Gasteiger partial charge in [-0.3, -0.25) is 10.1 Å². The highest BCUT2D eigenvalue weighted by atomic mass is 16.3. The van der Waals surface area contributed by atoms with Crippen LogP contribution in [0, 0.1) is 0 Å². The molecule has 0 aliphatic heterocycles. The smallest absolute Gasteiger partial charge is 0.236 e. The van der Waals surface area contributed by atoms with Gasteiger partial charge in [-0.15, -0.1) is 0 Å². The van der Waals surface area contributed by atoms with E-state index in [0.717, 1.165) is 24.9 Å². The monoisotopic (exact) mass is 262 g/mol. The Balaban J connectivity index is 1.87. The Labute approximate surface area is 114 Å². The van der Waals surface area contributed by atoms with Crippen LogP contribution < -0.4 is 5.32 Å². The van der Waals surface area contributed by atoms with Crippen molar-refractivity contribution in [1.82, 2.24) is 10.2 Å². The molecule has 1 saturated carbocycles. The van der Waals surface area contributed by atoms with E-state index in [4.69, 9.17) is 0 Å². The zero-order chi connectivity index (χ0) is 13.7. The number of rotatable bonds is 7. The third-order valence-electron chi connectivity index (χ3n) is 3.53. The first-order valence-corrected chi connectivity index (χ1v) is 6.95. The second-order valence-electron chi connectivity index (χ2n) is 4.94. The Kier molecular flexibility index (Phi) is 4.93. The summed E-state index contributed by atoms with van der Waals surface area (Å²) in [5.41, 5.74) is 1.01. The molecule has 0 saturated heterocycles. The molecule has 1 amide bonds. The van der Waals surface area contributed by atoms with Crippen LogP contribution >= 0.6 is 0 Å². The van der Waals surface area contributed by atoms with Crippen molar-refractivity contribution in [3.05, 3.63) is 35.9 Å². The van der Waals surface area contributed by atoms with Crippen molar-refractivity contribution in [3.8, 4) is 0 Å². The van der Waals surface area contributed by atoms with Crippen molar-refractivity contribution in [2.75, 3.05) is 19.7 Å². The van der Waals surface area contributed by atoms with Gasteiger partial charge in [-0.25, -0.2) is 0 Å². The molecule has 1 unspecified atom stereocenters. The van der Waals surface area contributed by atoms with E-state index in [2.05, 4.69) is 5.32 Å². The number of nitrogens with zero attached hydrogens (tertiary/aromatic N) is 1. The van der Waals surface area contributed by atoms with E-state index >= 15 is 0 Å². The second kappa shape index (κ2) is 6.68. The maximum atomic E-state index is 12.1. The van der Waals surface area contributed by atoms with Gasteiger partial charge in [0, 0.05) is 12.6 Å². The largest absolute Gasteiger partial charge is 0.394 e. The number of hydrogen-bond acceptors (Lipinski definition) is 3. The average Bonchev–Trinajstić information content (AvgIpc) is 3.26. The van der Waals surface area contributed by atoms with Gasteiger partial charge in [-0.05, 0) is 25.3 Å². The van der Waals surface area contributed by atoms with Gasteiger partial charge in [0.25, 0.3) is 0 Å². The molecule has 1 aromatic rings. The molecule has 19 heavy (non-hydrogen) atoms. The highest BCUT2D eigenvalue weighted by Gasteiger charge is 2.31. The van der Waals surface area contributed by atoms with Crippen molar-refractivity contribution >= 4 is 5.91 Å². The standard InChI is InChI=1S/C15H22N2O2/c1-2-17(13-8-9-13)15(19)10-16-14(11-18)12-6-4-3-5-7-12/h3-7,13-14,16,18H,2,8-11H2,1H3. The highest BCUT2D eigenvalue weighted by molar-refractivity contribution is 5.79. The summed E-state index contributed by atoms with van der Waals surface area (Å²) in [7, 11) is 0. The predicted octanol–water partition coefficient (Wildman–Crippen LogP) is 1.32. The Bertz CT molecular complexity index is 404. The number of aliphatic hydroxyl groups is 1. The van der Waals surface area contributed by atoms with Gasteiger partial charge in [0.15, 0.2) is 0 Å². The summed E-state index contributed by atoms with van der Waals surface area (Å²) in [6, 6.07) is 9.99. The lowest BCUT2D eigenvalue weighted by molar-refractivity contribution is -0.130. The predicted molar refractivity (Wildman–Crippen MR) is 74.7 cm³/mol. The summed E-state index contributed by atoms with van der Waals surface area (Å²) in [6.07, 6.45) is 2.25. The van der Waals surface area contributed by atoms with Crippen molar-refractivity contribution in [2.24, 2.45) is 0 Å². The van der Waals surface area contributed by atoms with Gasteiger partial charge < -0.3 is 10.0 Å².